The molecule has 1 aromatic carbocycles. The van der Waals surface area contributed by atoms with Crippen molar-refractivity contribution in [2.24, 2.45) is 5.10 Å². The SMILES string of the molecule is Cc1cc(C)nc(SCC(=O)N/N=C\c2ccc(Cl)c(Cl)c2)n1. The summed E-state index contributed by atoms with van der Waals surface area (Å²) in [6.07, 6.45) is 1.50. The van der Waals surface area contributed by atoms with Gasteiger partial charge in [-0.15, -0.1) is 0 Å². The first-order valence-corrected chi connectivity index (χ1v) is 8.40. The summed E-state index contributed by atoms with van der Waals surface area (Å²) in [6, 6.07) is 6.96. The zero-order chi connectivity index (χ0) is 16.8. The minimum atomic E-state index is -0.242. The number of aromatic nitrogens is 2. The van der Waals surface area contributed by atoms with E-state index >= 15 is 0 Å². The lowest BCUT2D eigenvalue weighted by molar-refractivity contribution is -0.118. The van der Waals surface area contributed by atoms with Gasteiger partial charge in [0.1, 0.15) is 0 Å². The molecular formula is C15H14Cl2N4OS. The molecule has 1 N–H and O–H groups in total. The maximum atomic E-state index is 11.7. The van der Waals surface area contributed by atoms with Gasteiger partial charge in [-0.05, 0) is 37.6 Å². The van der Waals surface area contributed by atoms with Crippen LogP contribution in [0.5, 0.6) is 0 Å². The number of rotatable bonds is 5. The van der Waals surface area contributed by atoms with Gasteiger partial charge in [0, 0.05) is 11.4 Å². The number of halogens is 2. The predicted molar refractivity (Wildman–Crippen MR) is 94.4 cm³/mol. The van der Waals surface area contributed by atoms with E-state index in [0.717, 1.165) is 17.0 Å². The second kappa shape index (κ2) is 8.29. The van der Waals surface area contributed by atoms with Crippen molar-refractivity contribution < 1.29 is 4.79 Å². The van der Waals surface area contributed by atoms with Crippen molar-refractivity contribution in [2.45, 2.75) is 19.0 Å². The van der Waals surface area contributed by atoms with Gasteiger partial charge in [0.15, 0.2) is 5.16 Å². The Kier molecular flexibility index (Phi) is 6.38. The van der Waals surface area contributed by atoms with E-state index in [1.165, 1.54) is 18.0 Å². The third-order valence-electron chi connectivity index (χ3n) is 2.64. The van der Waals surface area contributed by atoms with Crippen LogP contribution in [-0.4, -0.2) is 27.8 Å². The highest BCUT2D eigenvalue weighted by atomic mass is 35.5. The highest BCUT2D eigenvalue weighted by molar-refractivity contribution is 7.99. The Balaban J connectivity index is 1.85. The lowest BCUT2D eigenvalue weighted by Gasteiger charge is -2.02. The van der Waals surface area contributed by atoms with Crippen molar-refractivity contribution in [3.8, 4) is 0 Å². The summed E-state index contributed by atoms with van der Waals surface area (Å²) in [6.45, 7) is 3.78. The summed E-state index contributed by atoms with van der Waals surface area (Å²) >= 11 is 13.0. The second-order valence-corrected chi connectivity index (χ2v) is 6.45. The van der Waals surface area contributed by atoms with Gasteiger partial charge in [-0.3, -0.25) is 4.79 Å². The van der Waals surface area contributed by atoms with Crippen LogP contribution < -0.4 is 5.43 Å². The van der Waals surface area contributed by atoms with Crippen LogP contribution in [0.25, 0.3) is 0 Å². The monoisotopic (exact) mass is 368 g/mol. The number of thioether (sulfide) groups is 1. The topological polar surface area (TPSA) is 67.2 Å². The molecule has 2 aromatic rings. The van der Waals surface area contributed by atoms with Crippen LogP contribution in [0.2, 0.25) is 10.0 Å². The molecule has 0 aliphatic rings. The van der Waals surface area contributed by atoms with E-state index in [4.69, 9.17) is 23.2 Å². The lowest BCUT2D eigenvalue weighted by Crippen LogP contribution is -2.19. The molecule has 1 amide bonds. The molecule has 0 saturated carbocycles. The minimum Gasteiger partial charge on any atom is -0.272 e. The smallest absolute Gasteiger partial charge is 0.250 e. The van der Waals surface area contributed by atoms with E-state index < -0.39 is 0 Å². The Bertz CT molecular complexity index is 732. The van der Waals surface area contributed by atoms with Gasteiger partial charge in [0.25, 0.3) is 5.91 Å². The summed E-state index contributed by atoms with van der Waals surface area (Å²) in [5.74, 6) is -0.0595. The zero-order valence-electron chi connectivity index (χ0n) is 12.5. The second-order valence-electron chi connectivity index (χ2n) is 4.69. The van der Waals surface area contributed by atoms with E-state index in [-0.39, 0.29) is 11.7 Å². The van der Waals surface area contributed by atoms with Crippen LogP contribution in [0, 0.1) is 13.8 Å². The fraction of sp³-hybridized carbons (Fsp3) is 0.200. The maximum absolute atomic E-state index is 11.7. The lowest BCUT2D eigenvalue weighted by atomic mass is 10.2. The molecule has 23 heavy (non-hydrogen) atoms. The molecule has 1 heterocycles. The Morgan fingerprint density at radius 3 is 2.57 bits per heavy atom. The van der Waals surface area contributed by atoms with Crippen molar-refractivity contribution in [1.29, 1.82) is 0 Å². The summed E-state index contributed by atoms with van der Waals surface area (Å²) < 4.78 is 0. The number of carbonyl (C=O) groups excluding carboxylic acids is 1. The van der Waals surface area contributed by atoms with Gasteiger partial charge in [-0.2, -0.15) is 5.10 Å². The van der Waals surface area contributed by atoms with Crippen molar-refractivity contribution in [3.05, 3.63) is 51.3 Å². The fourth-order valence-corrected chi connectivity index (χ4v) is 2.74. The van der Waals surface area contributed by atoms with Crippen molar-refractivity contribution >= 4 is 47.1 Å². The van der Waals surface area contributed by atoms with Gasteiger partial charge in [0.2, 0.25) is 0 Å². The molecule has 0 radical (unpaired) electrons. The molecule has 1 aromatic heterocycles. The molecule has 8 heteroatoms. The average molecular weight is 369 g/mol. The molecule has 0 unspecified atom stereocenters. The number of hydrazone groups is 1. The molecule has 0 atom stereocenters. The Hall–Kier alpha value is -1.63. The van der Waals surface area contributed by atoms with Gasteiger partial charge < -0.3 is 0 Å². The standard InChI is InChI=1S/C15H14Cl2N4OS/c1-9-5-10(2)20-15(19-9)23-8-14(22)21-18-7-11-3-4-12(16)13(17)6-11/h3-7H,8H2,1-2H3,(H,21,22)/b18-7-. The van der Waals surface area contributed by atoms with Gasteiger partial charge in [-0.25, -0.2) is 15.4 Å². The zero-order valence-corrected chi connectivity index (χ0v) is 14.8. The highest BCUT2D eigenvalue weighted by Crippen LogP contribution is 2.21. The third-order valence-corrected chi connectivity index (χ3v) is 4.23. The van der Waals surface area contributed by atoms with E-state index in [2.05, 4.69) is 20.5 Å². The van der Waals surface area contributed by atoms with Crippen LogP contribution in [0.1, 0.15) is 17.0 Å². The molecule has 0 fully saturated rings. The molecule has 120 valence electrons. The van der Waals surface area contributed by atoms with Crippen molar-refractivity contribution in [2.75, 3.05) is 5.75 Å². The first-order chi connectivity index (χ1) is 10.9. The fourth-order valence-electron chi connectivity index (χ4n) is 1.69. The first kappa shape index (κ1) is 17.7. The number of carbonyl (C=O) groups is 1. The van der Waals surface area contributed by atoms with Crippen LogP contribution in [0.15, 0.2) is 34.5 Å². The maximum Gasteiger partial charge on any atom is 0.250 e. The van der Waals surface area contributed by atoms with E-state index in [9.17, 15) is 4.79 Å². The Labute approximate surface area is 148 Å². The summed E-state index contributed by atoms with van der Waals surface area (Å²) in [5, 5.41) is 5.36. The third kappa shape index (κ3) is 5.82. The average Bonchev–Trinajstić information content (AvgIpc) is 2.48. The Morgan fingerprint density at radius 1 is 1.22 bits per heavy atom. The molecule has 0 bridgehead atoms. The highest BCUT2D eigenvalue weighted by Gasteiger charge is 2.05. The van der Waals surface area contributed by atoms with Crippen LogP contribution in [0.3, 0.4) is 0 Å². The van der Waals surface area contributed by atoms with Crippen LogP contribution >= 0.6 is 35.0 Å². The summed E-state index contributed by atoms with van der Waals surface area (Å²) in [4.78, 5) is 20.3. The van der Waals surface area contributed by atoms with Crippen molar-refractivity contribution in [3.63, 3.8) is 0 Å². The molecule has 2 rings (SSSR count). The quantitative estimate of drug-likeness (QED) is 0.378. The number of hydrogen-bond acceptors (Lipinski definition) is 5. The Morgan fingerprint density at radius 2 is 1.91 bits per heavy atom. The molecule has 0 saturated heterocycles. The van der Waals surface area contributed by atoms with Crippen molar-refractivity contribution in [1.82, 2.24) is 15.4 Å². The first-order valence-electron chi connectivity index (χ1n) is 6.66. The minimum absolute atomic E-state index is 0.182. The number of nitrogens with zero attached hydrogens (tertiary/aromatic N) is 3. The molecule has 0 aliphatic heterocycles. The van der Waals surface area contributed by atoms with E-state index in [1.54, 1.807) is 18.2 Å². The van der Waals surface area contributed by atoms with E-state index in [1.807, 2.05) is 19.9 Å². The van der Waals surface area contributed by atoms with E-state index in [0.29, 0.717) is 15.2 Å². The predicted octanol–water partition coefficient (Wildman–Crippen LogP) is 3.64. The van der Waals surface area contributed by atoms with Gasteiger partial charge in [-0.1, -0.05) is 41.0 Å². The molecule has 0 aliphatic carbocycles. The van der Waals surface area contributed by atoms with Crippen LogP contribution in [-0.2, 0) is 4.79 Å². The number of aryl methyl sites for hydroxylation is 2. The summed E-state index contributed by atoms with van der Waals surface area (Å²) in [7, 11) is 0. The number of benzene rings is 1. The number of nitrogens with one attached hydrogen (secondary N) is 1. The normalized spacial score (nSPS) is 11.0. The molecule has 5 nitrogen and oxygen atoms in total. The number of hydrogen-bond donors (Lipinski definition) is 1. The summed E-state index contributed by atoms with van der Waals surface area (Å²) in [5.41, 5.74) is 4.93. The van der Waals surface area contributed by atoms with Gasteiger partial charge in [0.05, 0.1) is 22.0 Å². The number of amides is 1. The molecule has 0 spiro atoms. The largest absolute Gasteiger partial charge is 0.272 e. The van der Waals surface area contributed by atoms with Crippen LogP contribution in [0.4, 0.5) is 0 Å². The van der Waals surface area contributed by atoms with Gasteiger partial charge >= 0.3 is 0 Å². The molecular weight excluding hydrogens is 355 g/mol.